The summed E-state index contributed by atoms with van der Waals surface area (Å²) in [5.41, 5.74) is 3.32. The summed E-state index contributed by atoms with van der Waals surface area (Å²) in [6, 6.07) is 7.95. The third-order valence-corrected chi connectivity index (χ3v) is 6.63. The molecular weight excluding hydrogens is 386 g/mol. The molecule has 26 heavy (non-hydrogen) atoms. The Kier molecular flexibility index (Phi) is 5.97. The van der Waals surface area contributed by atoms with Gasteiger partial charge in [0.2, 0.25) is 5.91 Å². The van der Waals surface area contributed by atoms with Crippen LogP contribution in [0.2, 0.25) is 4.34 Å². The average molecular weight is 408 g/mol. The standard InChI is InChI=1S/C19H22ClN3OS2/c1-12-5-6-13(2)18-17(12)21-19(26-18)23(10-9-22(3)4)16(24)11-14-7-8-15(20)25-14/h5-8H,9-11H2,1-4H3. The van der Waals surface area contributed by atoms with Gasteiger partial charge in [-0.3, -0.25) is 9.69 Å². The summed E-state index contributed by atoms with van der Waals surface area (Å²) in [6.45, 7) is 5.54. The Balaban J connectivity index is 1.93. The number of halogens is 1. The lowest BCUT2D eigenvalue weighted by atomic mass is 10.1. The minimum atomic E-state index is 0.0553. The number of benzene rings is 1. The molecule has 0 bridgehead atoms. The van der Waals surface area contributed by atoms with E-state index in [4.69, 9.17) is 16.6 Å². The summed E-state index contributed by atoms with van der Waals surface area (Å²) in [6.07, 6.45) is 0.346. The monoisotopic (exact) mass is 407 g/mol. The number of hydrogen-bond donors (Lipinski definition) is 0. The molecule has 0 unspecified atom stereocenters. The Morgan fingerprint density at radius 1 is 1.08 bits per heavy atom. The second-order valence-electron chi connectivity index (χ2n) is 6.60. The van der Waals surface area contributed by atoms with Crippen molar-refractivity contribution >= 4 is 55.5 Å². The topological polar surface area (TPSA) is 36.4 Å². The van der Waals surface area contributed by atoms with Crippen molar-refractivity contribution in [3.05, 3.63) is 44.6 Å². The van der Waals surface area contributed by atoms with E-state index in [2.05, 4.69) is 30.9 Å². The van der Waals surface area contributed by atoms with Crippen molar-refractivity contribution in [1.29, 1.82) is 0 Å². The summed E-state index contributed by atoms with van der Waals surface area (Å²) in [7, 11) is 4.02. The zero-order chi connectivity index (χ0) is 18.8. The number of rotatable bonds is 6. The third kappa shape index (κ3) is 4.26. The highest BCUT2D eigenvalue weighted by Crippen LogP contribution is 2.33. The molecule has 0 spiro atoms. The van der Waals surface area contributed by atoms with Crippen LogP contribution in [-0.4, -0.2) is 43.0 Å². The molecule has 0 radical (unpaired) electrons. The molecule has 1 aromatic carbocycles. The van der Waals surface area contributed by atoms with Crippen molar-refractivity contribution in [3.63, 3.8) is 0 Å². The van der Waals surface area contributed by atoms with Gasteiger partial charge >= 0.3 is 0 Å². The quantitative estimate of drug-likeness (QED) is 0.590. The molecule has 7 heteroatoms. The molecule has 3 aromatic rings. The van der Waals surface area contributed by atoms with Crippen LogP contribution in [0.3, 0.4) is 0 Å². The zero-order valence-corrected chi connectivity index (χ0v) is 17.8. The largest absolute Gasteiger partial charge is 0.308 e. The van der Waals surface area contributed by atoms with Gasteiger partial charge in [0.15, 0.2) is 5.13 Å². The second-order valence-corrected chi connectivity index (χ2v) is 9.38. The minimum Gasteiger partial charge on any atom is -0.308 e. The van der Waals surface area contributed by atoms with E-state index in [9.17, 15) is 4.79 Å². The van der Waals surface area contributed by atoms with Gasteiger partial charge in [0.05, 0.1) is 21.0 Å². The number of anilines is 1. The number of thiophene rings is 1. The van der Waals surface area contributed by atoms with Gasteiger partial charge in [0, 0.05) is 18.0 Å². The number of carbonyl (C=O) groups is 1. The Morgan fingerprint density at radius 2 is 1.81 bits per heavy atom. The fraction of sp³-hybridized carbons (Fsp3) is 0.368. The van der Waals surface area contributed by atoms with E-state index in [1.54, 1.807) is 11.3 Å². The van der Waals surface area contributed by atoms with E-state index in [1.165, 1.54) is 16.9 Å². The Labute approximate surface area is 167 Å². The lowest BCUT2D eigenvalue weighted by Crippen LogP contribution is -2.37. The van der Waals surface area contributed by atoms with Gasteiger partial charge in [-0.1, -0.05) is 35.1 Å². The molecule has 0 fully saturated rings. The molecule has 138 valence electrons. The van der Waals surface area contributed by atoms with Gasteiger partial charge in [0.25, 0.3) is 0 Å². The first-order chi connectivity index (χ1) is 12.3. The highest BCUT2D eigenvalue weighted by Gasteiger charge is 2.21. The molecule has 3 rings (SSSR count). The molecule has 0 saturated heterocycles. The molecule has 0 atom stereocenters. The molecule has 0 aliphatic carbocycles. The van der Waals surface area contributed by atoms with Gasteiger partial charge < -0.3 is 4.90 Å². The minimum absolute atomic E-state index is 0.0553. The van der Waals surface area contributed by atoms with E-state index in [0.29, 0.717) is 17.3 Å². The van der Waals surface area contributed by atoms with Crippen LogP contribution in [0.1, 0.15) is 16.0 Å². The SMILES string of the molecule is Cc1ccc(C)c2sc(N(CCN(C)C)C(=O)Cc3ccc(Cl)s3)nc12. The predicted octanol–water partition coefficient (Wildman–Crippen LogP) is 4.77. The lowest BCUT2D eigenvalue weighted by Gasteiger charge is -2.21. The highest BCUT2D eigenvalue weighted by molar-refractivity contribution is 7.22. The number of likely N-dealkylation sites (N-methyl/N-ethyl adjacent to an activating group) is 1. The molecule has 4 nitrogen and oxygen atoms in total. The van der Waals surface area contributed by atoms with Gasteiger partial charge in [-0.15, -0.1) is 11.3 Å². The van der Waals surface area contributed by atoms with Crippen LogP contribution in [-0.2, 0) is 11.2 Å². The fourth-order valence-corrected chi connectivity index (χ4v) is 4.92. The van der Waals surface area contributed by atoms with Gasteiger partial charge in [0.1, 0.15) is 0 Å². The first-order valence-electron chi connectivity index (χ1n) is 8.41. The summed E-state index contributed by atoms with van der Waals surface area (Å²) in [4.78, 5) is 22.7. The van der Waals surface area contributed by atoms with Crippen LogP contribution in [0.15, 0.2) is 24.3 Å². The van der Waals surface area contributed by atoms with Crippen LogP contribution in [0.25, 0.3) is 10.2 Å². The number of nitrogens with zero attached hydrogens (tertiary/aromatic N) is 3. The second kappa shape index (κ2) is 8.05. The number of fused-ring (bicyclic) bond motifs is 1. The van der Waals surface area contributed by atoms with Crippen molar-refractivity contribution < 1.29 is 4.79 Å². The van der Waals surface area contributed by atoms with Crippen molar-refractivity contribution in [1.82, 2.24) is 9.88 Å². The normalized spacial score (nSPS) is 11.5. The summed E-state index contributed by atoms with van der Waals surface area (Å²) < 4.78 is 1.86. The van der Waals surface area contributed by atoms with Gasteiger partial charge in [-0.25, -0.2) is 4.98 Å². The average Bonchev–Trinajstić information content (AvgIpc) is 3.18. The van der Waals surface area contributed by atoms with Crippen LogP contribution in [0.4, 0.5) is 5.13 Å². The Bertz CT molecular complexity index is 893. The molecular formula is C19H22ClN3OS2. The molecule has 0 saturated carbocycles. The maximum atomic E-state index is 13.0. The first kappa shape index (κ1) is 19.3. The summed E-state index contributed by atoms with van der Waals surface area (Å²) in [5, 5.41) is 0.770. The van der Waals surface area contributed by atoms with Crippen molar-refractivity contribution in [3.8, 4) is 0 Å². The maximum absolute atomic E-state index is 13.0. The van der Waals surface area contributed by atoms with Gasteiger partial charge in [-0.05, 0) is 51.2 Å². The van der Waals surface area contributed by atoms with Crippen LogP contribution >= 0.6 is 34.3 Å². The Morgan fingerprint density at radius 3 is 2.42 bits per heavy atom. The van der Waals surface area contributed by atoms with Crippen molar-refractivity contribution in [2.45, 2.75) is 20.3 Å². The predicted molar refractivity (Wildman–Crippen MR) is 113 cm³/mol. The molecule has 2 aromatic heterocycles. The summed E-state index contributed by atoms with van der Waals surface area (Å²) in [5.74, 6) is 0.0553. The highest BCUT2D eigenvalue weighted by atomic mass is 35.5. The summed E-state index contributed by atoms with van der Waals surface area (Å²) >= 11 is 9.06. The zero-order valence-electron chi connectivity index (χ0n) is 15.4. The lowest BCUT2D eigenvalue weighted by molar-refractivity contribution is -0.118. The molecule has 0 aliphatic heterocycles. The number of hydrogen-bond acceptors (Lipinski definition) is 5. The van der Waals surface area contributed by atoms with Crippen LogP contribution in [0.5, 0.6) is 0 Å². The van der Waals surface area contributed by atoms with Crippen molar-refractivity contribution in [2.24, 2.45) is 0 Å². The molecule has 0 aliphatic rings. The number of aryl methyl sites for hydroxylation is 2. The molecule has 2 heterocycles. The van der Waals surface area contributed by atoms with Crippen LogP contribution in [0, 0.1) is 13.8 Å². The van der Waals surface area contributed by atoms with Crippen LogP contribution < -0.4 is 4.90 Å². The van der Waals surface area contributed by atoms with E-state index in [0.717, 1.165) is 32.3 Å². The van der Waals surface area contributed by atoms with Crippen molar-refractivity contribution in [2.75, 3.05) is 32.1 Å². The number of carbonyl (C=O) groups excluding carboxylic acids is 1. The van der Waals surface area contributed by atoms with E-state index in [1.807, 2.05) is 31.1 Å². The van der Waals surface area contributed by atoms with E-state index < -0.39 is 0 Å². The van der Waals surface area contributed by atoms with E-state index in [-0.39, 0.29) is 5.91 Å². The Hall–Kier alpha value is -1.47. The third-order valence-electron chi connectivity index (χ3n) is 4.19. The maximum Gasteiger partial charge on any atom is 0.234 e. The first-order valence-corrected chi connectivity index (χ1v) is 10.4. The number of amides is 1. The molecule has 1 amide bonds. The van der Waals surface area contributed by atoms with E-state index >= 15 is 0 Å². The fourth-order valence-electron chi connectivity index (χ4n) is 2.68. The number of thiazole rings is 1. The smallest absolute Gasteiger partial charge is 0.234 e. The molecule has 0 N–H and O–H groups in total. The number of aromatic nitrogens is 1. The van der Waals surface area contributed by atoms with Gasteiger partial charge in [-0.2, -0.15) is 0 Å².